The van der Waals surface area contributed by atoms with Crippen molar-refractivity contribution < 1.29 is 9.13 Å². The zero-order valence-corrected chi connectivity index (χ0v) is 29.1. The summed E-state index contributed by atoms with van der Waals surface area (Å²) in [6, 6.07) is 61.0. The Morgan fingerprint density at radius 3 is 1.92 bits per heavy atom. The molecular formula is C48H29FN2OS. The summed E-state index contributed by atoms with van der Waals surface area (Å²) in [5.41, 5.74) is 10.7. The van der Waals surface area contributed by atoms with Crippen LogP contribution in [0.2, 0.25) is 0 Å². The minimum absolute atomic E-state index is 0.305. The number of hydrogen-bond acceptors (Lipinski definition) is 3. The summed E-state index contributed by atoms with van der Waals surface area (Å²) >= 11 is 1.83. The van der Waals surface area contributed by atoms with Crippen LogP contribution in [-0.4, -0.2) is 4.57 Å². The number of aromatic nitrogens is 1. The molecule has 250 valence electrons. The Bertz CT molecular complexity index is 3040. The van der Waals surface area contributed by atoms with Gasteiger partial charge in [0.25, 0.3) is 0 Å². The van der Waals surface area contributed by atoms with Gasteiger partial charge in [-0.15, -0.1) is 11.3 Å². The van der Waals surface area contributed by atoms with Gasteiger partial charge in [-0.2, -0.15) is 0 Å². The van der Waals surface area contributed by atoms with Crippen molar-refractivity contribution in [2.45, 2.75) is 0 Å². The smallest absolute Gasteiger partial charge is 0.155 e. The van der Waals surface area contributed by atoms with E-state index in [0.29, 0.717) is 11.5 Å². The molecule has 0 spiro atoms. The molecule has 0 saturated heterocycles. The van der Waals surface area contributed by atoms with Gasteiger partial charge in [0, 0.05) is 48.4 Å². The average molecular weight is 701 g/mol. The highest BCUT2D eigenvalue weighted by Gasteiger charge is 2.25. The lowest BCUT2D eigenvalue weighted by Gasteiger charge is -2.27. The molecular weight excluding hydrogens is 672 g/mol. The summed E-state index contributed by atoms with van der Waals surface area (Å²) in [4.78, 5) is 2.37. The van der Waals surface area contributed by atoms with Gasteiger partial charge in [0.2, 0.25) is 0 Å². The van der Waals surface area contributed by atoms with Crippen LogP contribution in [0.1, 0.15) is 0 Å². The van der Waals surface area contributed by atoms with Crippen molar-refractivity contribution in [2.75, 3.05) is 4.90 Å². The number of ether oxygens (including phenoxy) is 1. The van der Waals surface area contributed by atoms with Crippen molar-refractivity contribution in [3.8, 4) is 39.4 Å². The summed E-state index contributed by atoms with van der Waals surface area (Å²) < 4.78 is 25.8. The standard InChI is InChI=1S/C48H29FN2OS/c49-34-28-39-37-11-4-6-13-40(37)51-42-27-33(21-26-43(42)52-44(29-34)48(39)51)32-19-24-36(25-20-32)50(35-22-17-31(18-23-35)30-9-2-1-3-10-30)41-14-8-16-46-47(41)38-12-5-7-15-45(38)53-46/h1-29H. The van der Waals surface area contributed by atoms with E-state index in [4.69, 9.17) is 4.74 Å². The van der Waals surface area contributed by atoms with Gasteiger partial charge in [-0.05, 0) is 89.0 Å². The molecule has 0 saturated carbocycles. The first-order valence-corrected chi connectivity index (χ1v) is 18.5. The average Bonchev–Trinajstić information content (AvgIpc) is 3.76. The largest absolute Gasteiger partial charge is 0.453 e. The quantitative estimate of drug-likeness (QED) is 0.178. The zero-order chi connectivity index (χ0) is 35.0. The summed E-state index contributed by atoms with van der Waals surface area (Å²) in [7, 11) is 0. The van der Waals surface area contributed by atoms with Crippen molar-refractivity contribution in [3.63, 3.8) is 0 Å². The third kappa shape index (κ3) is 4.71. The first-order chi connectivity index (χ1) is 26.2. The Morgan fingerprint density at radius 2 is 1.13 bits per heavy atom. The number of rotatable bonds is 5. The normalized spacial score (nSPS) is 12.0. The van der Waals surface area contributed by atoms with Gasteiger partial charge in [-0.1, -0.05) is 103 Å². The number of anilines is 3. The van der Waals surface area contributed by atoms with Crippen molar-refractivity contribution in [1.82, 2.24) is 4.57 Å². The van der Waals surface area contributed by atoms with E-state index in [0.717, 1.165) is 55.7 Å². The van der Waals surface area contributed by atoms with Crippen LogP contribution in [0.15, 0.2) is 176 Å². The fourth-order valence-corrected chi connectivity index (χ4v) is 9.16. The first kappa shape index (κ1) is 30.0. The molecule has 53 heavy (non-hydrogen) atoms. The molecule has 11 rings (SSSR count). The van der Waals surface area contributed by atoms with Crippen molar-refractivity contribution in [1.29, 1.82) is 0 Å². The number of nitrogens with zero attached hydrogens (tertiary/aromatic N) is 2. The van der Waals surface area contributed by atoms with Crippen LogP contribution < -0.4 is 9.64 Å². The maximum atomic E-state index is 14.7. The van der Waals surface area contributed by atoms with E-state index in [-0.39, 0.29) is 5.82 Å². The van der Waals surface area contributed by atoms with Gasteiger partial charge in [-0.3, -0.25) is 0 Å². The molecule has 0 bridgehead atoms. The molecule has 0 amide bonds. The van der Waals surface area contributed by atoms with E-state index >= 15 is 0 Å². The number of benzene rings is 8. The van der Waals surface area contributed by atoms with E-state index in [1.54, 1.807) is 6.07 Å². The second kappa shape index (κ2) is 11.7. The summed E-state index contributed by atoms with van der Waals surface area (Å²) in [5, 5.41) is 4.36. The monoisotopic (exact) mass is 700 g/mol. The molecule has 10 aromatic rings. The van der Waals surface area contributed by atoms with Crippen molar-refractivity contribution in [2.24, 2.45) is 0 Å². The lowest BCUT2D eigenvalue weighted by Crippen LogP contribution is -2.10. The highest BCUT2D eigenvalue weighted by atomic mass is 32.1. The van der Waals surface area contributed by atoms with Crippen molar-refractivity contribution >= 4 is 70.4 Å². The highest BCUT2D eigenvalue weighted by Crippen LogP contribution is 2.48. The highest BCUT2D eigenvalue weighted by molar-refractivity contribution is 7.26. The van der Waals surface area contributed by atoms with Crippen LogP contribution in [0.4, 0.5) is 21.5 Å². The maximum Gasteiger partial charge on any atom is 0.155 e. The van der Waals surface area contributed by atoms with Gasteiger partial charge in [-0.25, -0.2) is 4.39 Å². The van der Waals surface area contributed by atoms with Crippen LogP contribution in [0.25, 0.3) is 69.9 Å². The van der Waals surface area contributed by atoms with Crippen LogP contribution >= 0.6 is 11.3 Å². The summed E-state index contributed by atoms with van der Waals surface area (Å²) in [6.07, 6.45) is 0. The lowest BCUT2D eigenvalue weighted by atomic mass is 10.0. The fraction of sp³-hybridized carbons (Fsp3) is 0. The van der Waals surface area contributed by atoms with E-state index < -0.39 is 0 Å². The van der Waals surface area contributed by atoms with Crippen LogP contribution in [0, 0.1) is 5.82 Å². The second-order valence-corrected chi connectivity index (χ2v) is 14.6. The minimum Gasteiger partial charge on any atom is -0.453 e. The van der Waals surface area contributed by atoms with Gasteiger partial charge < -0.3 is 14.2 Å². The molecule has 2 aromatic heterocycles. The molecule has 3 heterocycles. The molecule has 0 atom stereocenters. The Morgan fingerprint density at radius 1 is 0.491 bits per heavy atom. The Labute approximate surface area is 309 Å². The molecule has 5 heteroatoms. The predicted octanol–water partition coefficient (Wildman–Crippen LogP) is 14.2. The van der Waals surface area contributed by atoms with Crippen LogP contribution in [-0.2, 0) is 0 Å². The first-order valence-electron chi connectivity index (χ1n) is 17.7. The lowest BCUT2D eigenvalue weighted by molar-refractivity contribution is 0.471. The number of para-hydroxylation sites is 1. The zero-order valence-electron chi connectivity index (χ0n) is 28.3. The number of thiophene rings is 1. The van der Waals surface area contributed by atoms with Crippen LogP contribution in [0.3, 0.4) is 0 Å². The van der Waals surface area contributed by atoms with Crippen LogP contribution in [0.5, 0.6) is 11.5 Å². The summed E-state index contributed by atoms with van der Waals surface area (Å²) in [6.45, 7) is 0. The van der Waals surface area contributed by atoms with Gasteiger partial charge >= 0.3 is 0 Å². The molecule has 8 aromatic carbocycles. The topological polar surface area (TPSA) is 17.4 Å². The number of fused-ring (bicyclic) bond motifs is 8. The third-order valence-electron chi connectivity index (χ3n) is 10.4. The molecule has 1 aliphatic rings. The maximum absolute atomic E-state index is 14.7. The molecule has 0 unspecified atom stereocenters. The Hall–Kier alpha value is -6.69. The molecule has 0 radical (unpaired) electrons. The van der Waals surface area contributed by atoms with Gasteiger partial charge in [0.1, 0.15) is 5.82 Å². The van der Waals surface area contributed by atoms with Crippen molar-refractivity contribution in [3.05, 3.63) is 182 Å². The van der Waals surface area contributed by atoms with E-state index in [9.17, 15) is 4.39 Å². The predicted molar refractivity (Wildman–Crippen MR) is 219 cm³/mol. The molecule has 0 N–H and O–H groups in total. The third-order valence-corrected chi connectivity index (χ3v) is 11.6. The molecule has 3 nitrogen and oxygen atoms in total. The molecule has 0 aliphatic carbocycles. The number of halogens is 1. The second-order valence-electron chi connectivity index (χ2n) is 13.5. The minimum atomic E-state index is -0.305. The van der Waals surface area contributed by atoms with E-state index in [1.807, 2.05) is 35.6 Å². The van der Waals surface area contributed by atoms with Gasteiger partial charge in [0.05, 0.1) is 22.4 Å². The SMILES string of the molecule is Fc1cc2c3c(c1)c1ccccc1n3-c1cc(-c3ccc(N(c4ccc(-c5ccccc5)cc4)c4cccc5sc6ccccc6c45)cc3)ccc1O2. The summed E-state index contributed by atoms with van der Waals surface area (Å²) in [5.74, 6) is 0.929. The van der Waals surface area contributed by atoms with E-state index in [2.05, 4.69) is 149 Å². The Kier molecular flexibility index (Phi) is 6.60. The van der Waals surface area contributed by atoms with E-state index in [1.165, 1.54) is 37.4 Å². The van der Waals surface area contributed by atoms with Gasteiger partial charge in [0.15, 0.2) is 11.5 Å². The fourth-order valence-electron chi connectivity index (χ4n) is 8.04. The number of hydrogen-bond donors (Lipinski definition) is 0. The Balaban J connectivity index is 1.04. The molecule has 0 fully saturated rings. The molecule has 1 aliphatic heterocycles.